The van der Waals surface area contributed by atoms with Crippen LogP contribution in [0.15, 0.2) is 48.5 Å². The van der Waals surface area contributed by atoms with Crippen LogP contribution in [0.2, 0.25) is 5.02 Å². The minimum absolute atomic E-state index is 0.104. The van der Waals surface area contributed by atoms with Crippen LogP contribution in [0.5, 0.6) is 0 Å². The first kappa shape index (κ1) is 19.8. The highest BCUT2D eigenvalue weighted by Gasteiger charge is 2.12. The van der Waals surface area contributed by atoms with Gasteiger partial charge in [0.05, 0.1) is 17.2 Å². The van der Waals surface area contributed by atoms with Crippen molar-refractivity contribution >= 4 is 46.4 Å². The Hall–Kier alpha value is -2.48. The van der Waals surface area contributed by atoms with E-state index in [9.17, 15) is 9.59 Å². The van der Waals surface area contributed by atoms with E-state index in [0.717, 1.165) is 0 Å². The van der Waals surface area contributed by atoms with Gasteiger partial charge in [0.1, 0.15) is 0 Å². The third-order valence-corrected chi connectivity index (χ3v) is 3.85. The summed E-state index contributed by atoms with van der Waals surface area (Å²) >= 11 is 11.1. The van der Waals surface area contributed by atoms with Crippen molar-refractivity contribution in [1.82, 2.24) is 10.6 Å². The van der Waals surface area contributed by atoms with Crippen LogP contribution in [0.1, 0.15) is 20.7 Å². The zero-order valence-electron chi connectivity index (χ0n) is 14.0. The first-order valence-electron chi connectivity index (χ1n) is 7.75. The van der Waals surface area contributed by atoms with E-state index in [1.807, 2.05) is 0 Å². The second kappa shape index (κ2) is 9.86. The maximum Gasteiger partial charge on any atom is 0.258 e. The molecule has 0 fully saturated rings. The topological polar surface area (TPSA) is 79.5 Å². The van der Waals surface area contributed by atoms with Crippen molar-refractivity contribution in [1.29, 1.82) is 0 Å². The minimum atomic E-state index is -0.415. The molecule has 0 saturated carbocycles. The molecule has 6 nitrogen and oxygen atoms in total. The highest BCUT2D eigenvalue weighted by molar-refractivity contribution is 7.80. The van der Waals surface area contributed by atoms with E-state index in [4.69, 9.17) is 28.6 Å². The van der Waals surface area contributed by atoms with Crippen molar-refractivity contribution in [2.45, 2.75) is 0 Å². The number of hydrogen-bond donors (Lipinski definition) is 3. The Morgan fingerprint density at radius 2 is 1.88 bits per heavy atom. The average molecular weight is 392 g/mol. The van der Waals surface area contributed by atoms with E-state index in [-0.39, 0.29) is 11.0 Å². The third-order valence-electron chi connectivity index (χ3n) is 3.32. The van der Waals surface area contributed by atoms with Crippen LogP contribution in [0, 0.1) is 0 Å². The maximum atomic E-state index is 12.2. The number of anilines is 1. The molecule has 0 heterocycles. The summed E-state index contributed by atoms with van der Waals surface area (Å²) in [5.74, 6) is -0.640. The number of ether oxygens (including phenoxy) is 1. The number of nitrogens with one attached hydrogen (secondary N) is 3. The molecule has 0 saturated heterocycles. The number of thiocarbonyl (C=S) groups is 1. The molecule has 0 radical (unpaired) electrons. The molecule has 0 aliphatic carbocycles. The Morgan fingerprint density at radius 1 is 1.12 bits per heavy atom. The quantitative estimate of drug-likeness (QED) is 0.521. The van der Waals surface area contributed by atoms with Crippen LogP contribution in [-0.2, 0) is 4.74 Å². The molecule has 26 heavy (non-hydrogen) atoms. The highest BCUT2D eigenvalue weighted by Crippen LogP contribution is 2.15. The maximum absolute atomic E-state index is 12.2. The summed E-state index contributed by atoms with van der Waals surface area (Å²) in [6, 6.07) is 13.4. The van der Waals surface area contributed by atoms with Crippen molar-refractivity contribution in [2.24, 2.45) is 0 Å². The molecule has 2 aromatic rings. The fourth-order valence-electron chi connectivity index (χ4n) is 2.09. The van der Waals surface area contributed by atoms with Crippen LogP contribution < -0.4 is 16.0 Å². The third kappa shape index (κ3) is 5.80. The van der Waals surface area contributed by atoms with Gasteiger partial charge in [0, 0.05) is 24.9 Å². The fourth-order valence-corrected chi connectivity index (χ4v) is 2.52. The number of hydrogen-bond acceptors (Lipinski definition) is 4. The zero-order valence-corrected chi connectivity index (χ0v) is 15.6. The fraction of sp³-hybridized carbons (Fsp3) is 0.167. The van der Waals surface area contributed by atoms with E-state index >= 15 is 0 Å². The Labute approximate surface area is 161 Å². The summed E-state index contributed by atoms with van der Waals surface area (Å²) in [4.78, 5) is 24.2. The van der Waals surface area contributed by atoms with Crippen molar-refractivity contribution < 1.29 is 14.3 Å². The lowest BCUT2D eigenvalue weighted by atomic mass is 10.2. The standard InChI is InChI=1S/C18H18ClN3O3S/c1-25-10-9-20-16(23)12-5-4-6-13(11-12)21-18(26)22-17(24)14-7-2-3-8-15(14)19/h2-8,11H,9-10H2,1H3,(H,20,23)(H2,21,22,24,26). The zero-order chi connectivity index (χ0) is 18.9. The number of benzene rings is 2. The smallest absolute Gasteiger partial charge is 0.258 e. The molecule has 0 spiro atoms. The molecule has 0 atom stereocenters. The summed E-state index contributed by atoms with van der Waals surface area (Å²) in [5, 5.41) is 8.60. The summed E-state index contributed by atoms with van der Waals surface area (Å²) in [5.41, 5.74) is 1.37. The highest BCUT2D eigenvalue weighted by atomic mass is 35.5. The van der Waals surface area contributed by atoms with Gasteiger partial charge in [0.25, 0.3) is 11.8 Å². The van der Waals surface area contributed by atoms with Gasteiger partial charge in [0.15, 0.2) is 5.11 Å². The molecule has 2 aromatic carbocycles. The Bertz CT molecular complexity index is 814. The molecular formula is C18H18ClN3O3S. The molecule has 0 bridgehead atoms. The minimum Gasteiger partial charge on any atom is -0.383 e. The Kier molecular flexibility index (Phi) is 7.53. The molecule has 136 valence electrons. The van der Waals surface area contributed by atoms with Gasteiger partial charge >= 0.3 is 0 Å². The molecule has 0 aliphatic heterocycles. The molecule has 2 rings (SSSR count). The Morgan fingerprint density at radius 3 is 2.62 bits per heavy atom. The van der Waals surface area contributed by atoms with Crippen molar-refractivity contribution in [2.75, 3.05) is 25.6 Å². The van der Waals surface area contributed by atoms with Crippen LogP contribution in [0.4, 0.5) is 5.69 Å². The molecule has 0 aliphatic rings. The summed E-state index contributed by atoms with van der Waals surface area (Å²) in [6.45, 7) is 0.848. The normalized spacial score (nSPS) is 10.1. The number of halogens is 1. The Balaban J connectivity index is 1.96. The molecule has 3 N–H and O–H groups in total. The number of carbonyl (C=O) groups is 2. The van der Waals surface area contributed by atoms with Gasteiger partial charge in [0.2, 0.25) is 0 Å². The van der Waals surface area contributed by atoms with E-state index in [1.54, 1.807) is 55.6 Å². The first-order valence-corrected chi connectivity index (χ1v) is 8.54. The van der Waals surface area contributed by atoms with Crippen LogP contribution in [-0.4, -0.2) is 37.2 Å². The lowest BCUT2D eigenvalue weighted by Crippen LogP contribution is -2.34. The van der Waals surface area contributed by atoms with E-state index in [1.165, 1.54) is 0 Å². The predicted octanol–water partition coefficient (Wildman–Crippen LogP) is 2.84. The average Bonchev–Trinajstić information content (AvgIpc) is 2.62. The lowest BCUT2D eigenvalue weighted by molar-refractivity contribution is 0.0935. The first-order chi connectivity index (χ1) is 12.5. The van der Waals surface area contributed by atoms with Gasteiger partial charge in [-0.05, 0) is 42.5 Å². The molecule has 0 aromatic heterocycles. The summed E-state index contributed by atoms with van der Waals surface area (Å²) in [6.07, 6.45) is 0. The van der Waals surface area contributed by atoms with Gasteiger partial charge in [-0.3, -0.25) is 14.9 Å². The lowest BCUT2D eigenvalue weighted by Gasteiger charge is -2.11. The predicted molar refractivity (Wildman–Crippen MR) is 106 cm³/mol. The molecule has 8 heteroatoms. The number of carbonyl (C=O) groups excluding carboxylic acids is 2. The van der Waals surface area contributed by atoms with Gasteiger partial charge in [-0.2, -0.15) is 0 Å². The summed E-state index contributed by atoms with van der Waals surface area (Å²) in [7, 11) is 1.56. The van der Waals surface area contributed by atoms with Gasteiger partial charge in [-0.15, -0.1) is 0 Å². The van der Waals surface area contributed by atoms with Gasteiger partial charge in [-0.1, -0.05) is 29.8 Å². The van der Waals surface area contributed by atoms with E-state index in [0.29, 0.717) is 35.0 Å². The summed E-state index contributed by atoms with van der Waals surface area (Å²) < 4.78 is 4.89. The van der Waals surface area contributed by atoms with Crippen LogP contribution in [0.25, 0.3) is 0 Å². The molecule has 0 unspecified atom stereocenters. The van der Waals surface area contributed by atoms with Crippen molar-refractivity contribution in [3.63, 3.8) is 0 Å². The van der Waals surface area contributed by atoms with Crippen molar-refractivity contribution in [3.8, 4) is 0 Å². The molecular weight excluding hydrogens is 374 g/mol. The largest absolute Gasteiger partial charge is 0.383 e. The monoisotopic (exact) mass is 391 g/mol. The number of rotatable bonds is 6. The number of methoxy groups -OCH3 is 1. The van der Waals surface area contributed by atoms with E-state index < -0.39 is 5.91 Å². The number of amides is 2. The van der Waals surface area contributed by atoms with Gasteiger partial charge in [-0.25, -0.2) is 0 Å². The van der Waals surface area contributed by atoms with Crippen molar-refractivity contribution in [3.05, 3.63) is 64.7 Å². The van der Waals surface area contributed by atoms with Crippen LogP contribution >= 0.6 is 23.8 Å². The molecule has 2 amide bonds. The van der Waals surface area contributed by atoms with E-state index in [2.05, 4.69) is 16.0 Å². The van der Waals surface area contributed by atoms with Crippen LogP contribution in [0.3, 0.4) is 0 Å². The SMILES string of the molecule is COCCNC(=O)c1cccc(NC(=S)NC(=O)c2ccccc2Cl)c1. The van der Waals surface area contributed by atoms with Gasteiger partial charge < -0.3 is 15.4 Å². The second-order valence-corrected chi connectivity index (χ2v) is 6.03. The second-order valence-electron chi connectivity index (χ2n) is 5.22.